The molecule has 0 radical (unpaired) electrons. The molecule has 1 saturated heterocycles. The lowest BCUT2D eigenvalue weighted by atomic mass is 10.0. The summed E-state index contributed by atoms with van der Waals surface area (Å²) >= 11 is 0. The molecule has 15 heavy (non-hydrogen) atoms. The first kappa shape index (κ1) is 12.9. The van der Waals surface area contributed by atoms with Gasteiger partial charge in [-0.3, -0.25) is 4.90 Å². The number of hydrogen-bond acceptors (Lipinski definition) is 4. The third-order valence-electron chi connectivity index (χ3n) is 3.28. The molecule has 3 atom stereocenters. The van der Waals surface area contributed by atoms with Crippen LogP contribution >= 0.6 is 0 Å². The zero-order chi connectivity index (χ0) is 11.3. The number of aliphatic hydroxyl groups excluding tert-OH is 1. The number of ether oxygens (including phenoxy) is 1. The summed E-state index contributed by atoms with van der Waals surface area (Å²) in [4.78, 5) is 2.26. The average molecular weight is 216 g/mol. The van der Waals surface area contributed by atoms with E-state index in [1.807, 2.05) is 0 Å². The Morgan fingerprint density at radius 3 is 2.80 bits per heavy atom. The number of methoxy groups -OCH3 is 1. The van der Waals surface area contributed by atoms with Crippen LogP contribution in [0.2, 0.25) is 0 Å². The summed E-state index contributed by atoms with van der Waals surface area (Å²) in [6.45, 7) is 4.16. The largest absolute Gasteiger partial charge is 0.395 e. The standard InChI is InChI=1S/C11H24N2O2/c1-3-4-10(12)11(8-14)13-6-5-9(7-13)15-2/h9-11,14H,3-8,12H2,1-2H3. The van der Waals surface area contributed by atoms with Crippen molar-refractivity contribution in [3.05, 3.63) is 0 Å². The van der Waals surface area contributed by atoms with E-state index < -0.39 is 0 Å². The maximum atomic E-state index is 9.38. The molecule has 1 rings (SSSR count). The molecule has 4 nitrogen and oxygen atoms in total. The van der Waals surface area contributed by atoms with Crippen LogP contribution in [-0.4, -0.2) is 55.0 Å². The Hall–Kier alpha value is -0.160. The van der Waals surface area contributed by atoms with Gasteiger partial charge in [0.15, 0.2) is 0 Å². The summed E-state index contributed by atoms with van der Waals surface area (Å²) in [6.07, 6.45) is 3.40. The molecule has 90 valence electrons. The number of nitrogens with zero attached hydrogens (tertiary/aromatic N) is 1. The van der Waals surface area contributed by atoms with Gasteiger partial charge in [0.1, 0.15) is 0 Å². The van der Waals surface area contributed by atoms with Gasteiger partial charge in [-0.25, -0.2) is 0 Å². The SMILES string of the molecule is CCCC(N)C(CO)N1CCC(OC)C1. The summed E-state index contributed by atoms with van der Waals surface area (Å²) in [5.74, 6) is 0. The molecule has 0 saturated carbocycles. The van der Waals surface area contributed by atoms with E-state index in [1.54, 1.807) is 7.11 Å². The molecule has 0 aliphatic carbocycles. The Morgan fingerprint density at radius 2 is 2.33 bits per heavy atom. The minimum atomic E-state index is 0.0793. The van der Waals surface area contributed by atoms with Crippen molar-refractivity contribution in [1.29, 1.82) is 0 Å². The van der Waals surface area contributed by atoms with E-state index in [-0.39, 0.29) is 18.7 Å². The van der Waals surface area contributed by atoms with Crippen molar-refractivity contribution in [3.8, 4) is 0 Å². The van der Waals surface area contributed by atoms with Crippen LogP contribution in [-0.2, 0) is 4.74 Å². The fraction of sp³-hybridized carbons (Fsp3) is 1.00. The van der Waals surface area contributed by atoms with Crippen LogP contribution in [0.5, 0.6) is 0 Å². The van der Waals surface area contributed by atoms with Gasteiger partial charge in [-0.2, -0.15) is 0 Å². The number of hydrogen-bond donors (Lipinski definition) is 2. The number of aliphatic hydroxyl groups is 1. The topological polar surface area (TPSA) is 58.7 Å². The van der Waals surface area contributed by atoms with E-state index in [2.05, 4.69) is 11.8 Å². The first-order valence-corrected chi connectivity index (χ1v) is 5.86. The van der Waals surface area contributed by atoms with Crippen LogP contribution in [0.4, 0.5) is 0 Å². The van der Waals surface area contributed by atoms with Gasteiger partial charge in [-0.15, -0.1) is 0 Å². The Kier molecular flexibility index (Phi) is 5.53. The molecule has 0 amide bonds. The van der Waals surface area contributed by atoms with E-state index in [1.165, 1.54) is 0 Å². The van der Waals surface area contributed by atoms with Crippen molar-refractivity contribution in [2.45, 2.75) is 44.4 Å². The highest BCUT2D eigenvalue weighted by Crippen LogP contribution is 2.17. The fourth-order valence-corrected chi connectivity index (χ4v) is 2.29. The van der Waals surface area contributed by atoms with Gasteiger partial charge in [0.2, 0.25) is 0 Å². The summed E-state index contributed by atoms with van der Waals surface area (Å²) in [6, 6.07) is 0.181. The molecule has 3 N–H and O–H groups in total. The van der Waals surface area contributed by atoms with Crippen molar-refractivity contribution in [2.75, 3.05) is 26.8 Å². The van der Waals surface area contributed by atoms with Crippen molar-refractivity contribution in [1.82, 2.24) is 4.90 Å². The van der Waals surface area contributed by atoms with Gasteiger partial charge in [-0.05, 0) is 12.8 Å². The Labute approximate surface area is 92.4 Å². The van der Waals surface area contributed by atoms with Crippen LogP contribution < -0.4 is 5.73 Å². The van der Waals surface area contributed by atoms with Crippen molar-refractivity contribution < 1.29 is 9.84 Å². The molecule has 1 heterocycles. The van der Waals surface area contributed by atoms with E-state index in [4.69, 9.17) is 10.5 Å². The van der Waals surface area contributed by atoms with Crippen LogP contribution in [0.1, 0.15) is 26.2 Å². The first-order valence-electron chi connectivity index (χ1n) is 5.86. The minimum absolute atomic E-state index is 0.0793. The predicted molar refractivity (Wildman–Crippen MR) is 60.7 cm³/mol. The van der Waals surface area contributed by atoms with Gasteiger partial charge >= 0.3 is 0 Å². The normalized spacial score (nSPS) is 26.8. The summed E-state index contributed by atoms with van der Waals surface area (Å²) in [5.41, 5.74) is 6.06. The maximum Gasteiger partial charge on any atom is 0.0710 e. The zero-order valence-corrected chi connectivity index (χ0v) is 9.85. The molecule has 4 heteroatoms. The molecule has 0 aromatic carbocycles. The van der Waals surface area contributed by atoms with Crippen molar-refractivity contribution in [3.63, 3.8) is 0 Å². The number of likely N-dealkylation sites (tertiary alicyclic amines) is 1. The monoisotopic (exact) mass is 216 g/mol. The molecule has 0 spiro atoms. The zero-order valence-electron chi connectivity index (χ0n) is 9.85. The summed E-state index contributed by atoms with van der Waals surface area (Å²) in [5, 5.41) is 9.38. The fourth-order valence-electron chi connectivity index (χ4n) is 2.29. The van der Waals surface area contributed by atoms with Gasteiger partial charge in [-0.1, -0.05) is 13.3 Å². The van der Waals surface area contributed by atoms with Crippen LogP contribution in [0.25, 0.3) is 0 Å². The Balaban J connectivity index is 2.44. The number of nitrogens with two attached hydrogens (primary N) is 1. The average Bonchev–Trinajstić information content (AvgIpc) is 2.68. The highest BCUT2D eigenvalue weighted by Gasteiger charge is 2.30. The molecule has 3 unspecified atom stereocenters. The van der Waals surface area contributed by atoms with Gasteiger partial charge in [0.05, 0.1) is 12.7 Å². The second-order valence-corrected chi connectivity index (χ2v) is 4.34. The van der Waals surface area contributed by atoms with E-state index in [0.717, 1.165) is 32.4 Å². The molecular weight excluding hydrogens is 192 g/mol. The third-order valence-corrected chi connectivity index (χ3v) is 3.28. The van der Waals surface area contributed by atoms with Crippen molar-refractivity contribution in [2.24, 2.45) is 5.73 Å². The first-order chi connectivity index (χ1) is 7.22. The Bertz CT molecular complexity index is 178. The van der Waals surface area contributed by atoms with E-state index >= 15 is 0 Å². The Morgan fingerprint density at radius 1 is 1.60 bits per heavy atom. The van der Waals surface area contributed by atoms with Gasteiger partial charge < -0.3 is 15.6 Å². The van der Waals surface area contributed by atoms with Gasteiger partial charge in [0, 0.05) is 32.3 Å². The minimum Gasteiger partial charge on any atom is -0.395 e. The van der Waals surface area contributed by atoms with Crippen LogP contribution in [0.3, 0.4) is 0 Å². The molecule has 1 fully saturated rings. The lowest BCUT2D eigenvalue weighted by Gasteiger charge is -2.30. The molecule has 0 aromatic heterocycles. The quantitative estimate of drug-likeness (QED) is 0.666. The molecule has 0 aromatic rings. The highest BCUT2D eigenvalue weighted by atomic mass is 16.5. The second-order valence-electron chi connectivity index (χ2n) is 4.34. The number of rotatable bonds is 6. The molecule has 1 aliphatic rings. The van der Waals surface area contributed by atoms with Gasteiger partial charge in [0.25, 0.3) is 0 Å². The van der Waals surface area contributed by atoms with E-state index in [9.17, 15) is 5.11 Å². The molecular formula is C11H24N2O2. The van der Waals surface area contributed by atoms with Crippen LogP contribution in [0, 0.1) is 0 Å². The lowest BCUT2D eigenvalue weighted by molar-refractivity contribution is 0.0801. The lowest BCUT2D eigenvalue weighted by Crippen LogP contribution is -2.49. The van der Waals surface area contributed by atoms with Crippen molar-refractivity contribution >= 4 is 0 Å². The molecule has 0 bridgehead atoms. The highest BCUT2D eigenvalue weighted by molar-refractivity contribution is 4.87. The smallest absolute Gasteiger partial charge is 0.0710 e. The second kappa shape index (κ2) is 6.43. The summed E-state index contributed by atoms with van der Waals surface area (Å²) in [7, 11) is 1.74. The third kappa shape index (κ3) is 3.41. The summed E-state index contributed by atoms with van der Waals surface area (Å²) < 4.78 is 5.31. The predicted octanol–water partition coefficient (Wildman–Crippen LogP) is 0.195. The maximum absolute atomic E-state index is 9.38. The van der Waals surface area contributed by atoms with E-state index in [0.29, 0.717) is 6.10 Å². The molecule has 1 aliphatic heterocycles. The van der Waals surface area contributed by atoms with Crippen LogP contribution in [0.15, 0.2) is 0 Å².